The van der Waals surface area contributed by atoms with Crippen molar-refractivity contribution in [3.8, 4) is 0 Å². The molecule has 0 aromatic carbocycles. The van der Waals surface area contributed by atoms with Crippen molar-refractivity contribution in [3.05, 3.63) is 22.4 Å². The molecule has 0 bridgehead atoms. The van der Waals surface area contributed by atoms with Crippen LogP contribution in [0.3, 0.4) is 0 Å². The molecule has 5 nitrogen and oxygen atoms in total. The van der Waals surface area contributed by atoms with E-state index in [-0.39, 0.29) is 6.10 Å². The van der Waals surface area contributed by atoms with Crippen molar-refractivity contribution in [1.82, 2.24) is 15.5 Å². The third kappa shape index (κ3) is 5.69. The molecule has 2 aliphatic rings. The summed E-state index contributed by atoms with van der Waals surface area (Å²) in [6.45, 7) is 10.1. The molecule has 2 fully saturated rings. The summed E-state index contributed by atoms with van der Waals surface area (Å²) < 4.78 is 6.03. The zero-order chi connectivity index (χ0) is 17.5. The minimum Gasteiger partial charge on any atom is -0.373 e. The first-order valence-corrected chi connectivity index (χ1v) is 10.5. The Morgan fingerprint density at radius 3 is 3.20 bits per heavy atom. The first-order valence-electron chi connectivity index (χ1n) is 9.64. The molecule has 3 unspecified atom stereocenters. The Hall–Kier alpha value is -1.11. The van der Waals surface area contributed by atoms with Crippen LogP contribution in [0.1, 0.15) is 31.6 Å². The van der Waals surface area contributed by atoms with E-state index < -0.39 is 0 Å². The summed E-state index contributed by atoms with van der Waals surface area (Å²) in [7, 11) is 0. The highest BCUT2D eigenvalue weighted by Crippen LogP contribution is 2.22. The van der Waals surface area contributed by atoms with Gasteiger partial charge in [-0.2, -0.15) is 0 Å². The van der Waals surface area contributed by atoms with Crippen LogP contribution >= 0.6 is 11.3 Å². The number of morpholine rings is 1. The Labute approximate surface area is 155 Å². The van der Waals surface area contributed by atoms with E-state index in [9.17, 15) is 0 Å². The smallest absolute Gasteiger partial charge is 0.191 e. The normalized spacial score (nSPS) is 25.6. The summed E-state index contributed by atoms with van der Waals surface area (Å²) in [5.74, 6) is 1.46. The molecule has 25 heavy (non-hydrogen) atoms. The van der Waals surface area contributed by atoms with Gasteiger partial charge in [0.1, 0.15) is 0 Å². The van der Waals surface area contributed by atoms with Crippen LogP contribution < -0.4 is 10.6 Å². The number of nitrogens with one attached hydrogen (secondary N) is 2. The summed E-state index contributed by atoms with van der Waals surface area (Å²) >= 11 is 1.83. The third-order valence-electron chi connectivity index (χ3n) is 4.99. The van der Waals surface area contributed by atoms with Gasteiger partial charge >= 0.3 is 0 Å². The molecule has 6 heteroatoms. The Balaban J connectivity index is 1.43. The lowest BCUT2D eigenvalue weighted by molar-refractivity contribution is -0.0453. The van der Waals surface area contributed by atoms with Crippen LogP contribution in [0, 0.1) is 5.92 Å². The molecule has 1 aromatic rings. The van der Waals surface area contributed by atoms with E-state index in [4.69, 9.17) is 9.73 Å². The van der Waals surface area contributed by atoms with Crippen molar-refractivity contribution in [3.63, 3.8) is 0 Å². The fourth-order valence-corrected chi connectivity index (χ4v) is 4.52. The zero-order valence-corrected chi connectivity index (χ0v) is 16.4. The van der Waals surface area contributed by atoms with Crippen molar-refractivity contribution in [1.29, 1.82) is 0 Å². The van der Waals surface area contributed by atoms with Gasteiger partial charge < -0.3 is 15.4 Å². The third-order valence-corrected chi connectivity index (χ3v) is 5.89. The molecule has 0 saturated carbocycles. The maximum atomic E-state index is 6.03. The van der Waals surface area contributed by atoms with E-state index in [1.54, 1.807) is 0 Å². The predicted molar refractivity (Wildman–Crippen MR) is 106 cm³/mol. The van der Waals surface area contributed by atoms with Crippen molar-refractivity contribution >= 4 is 17.3 Å². The molecule has 0 radical (unpaired) electrons. The monoisotopic (exact) mass is 364 g/mol. The van der Waals surface area contributed by atoms with Crippen LogP contribution in [0.4, 0.5) is 0 Å². The van der Waals surface area contributed by atoms with Gasteiger partial charge in [0.05, 0.1) is 12.7 Å². The van der Waals surface area contributed by atoms with Gasteiger partial charge in [-0.15, -0.1) is 11.3 Å². The van der Waals surface area contributed by atoms with E-state index in [0.717, 1.165) is 45.2 Å². The van der Waals surface area contributed by atoms with E-state index in [1.165, 1.54) is 24.3 Å². The highest BCUT2D eigenvalue weighted by molar-refractivity contribution is 7.09. The maximum Gasteiger partial charge on any atom is 0.191 e. The van der Waals surface area contributed by atoms with E-state index in [1.807, 2.05) is 11.3 Å². The summed E-state index contributed by atoms with van der Waals surface area (Å²) in [4.78, 5) is 8.80. The molecular formula is C19H32N4OS. The van der Waals surface area contributed by atoms with Crippen molar-refractivity contribution in [2.45, 2.75) is 45.3 Å². The lowest BCUT2D eigenvalue weighted by atomic mass is 10.1. The average molecular weight is 365 g/mol. The van der Waals surface area contributed by atoms with Crippen LogP contribution in [0.5, 0.6) is 0 Å². The molecule has 3 rings (SSSR count). The number of fused-ring (bicyclic) bond motifs is 1. The SMILES string of the molecule is CCNC(=NCC(C)Cc1cccs1)NCC1CN2CCCC2CO1. The van der Waals surface area contributed by atoms with Crippen molar-refractivity contribution in [2.75, 3.05) is 39.3 Å². The van der Waals surface area contributed by atoms with Gasteiger partial charge in [-0.25, -0.2) is 0 Å². The largest absolute Gasteiger partial charge is 0.373 e. The Kier molecular flexibility index (Phi) is 7.13. The second kappa shape index (κ2) is 9.55. The van der Waals surface area contributed by atoms with Crippen LogP contribution in [0.2, 0.25) is 0 Å². The van der Waals surface area contributed by atoms with Crippen LogP contribution in [0.15, 0.2) is 22.5 Å². The second-order valence-electron chi connectivity index (χ2n) is 7.24. The minimum atomic E-state index is 0.266. The predicted octanol–water partition coefficient (Wildman–Crippen LogP) is 2.35. The van der Waals surface area contributed by atoms with Crippen LogP contribution in [-0.4, -0.2) is 62.3 Å². The highest BCUT2D eigenvalue weighted by Gasteiger charge is 2.32. The lowest BCUT2D eigenvalue weighted by Crippen LogP contribution is -2.51. The first-order chi connectivity index (χ1) is 12.2. The van der Waals surface area contributed by atoms with Gasteiger partial charge in [-0.1, -0.05) is 13.0 Å². The summed E-state index contributed by atoms with van der Waals surface area (Å²) in [6, 6.07) is 4.99. The number of guanidine groups is 1. The van der Waals surface area contributed by atoms with Gasteiger partial charge in [0, 0.05) is 37.1 Å². The fraction of sp³-hybridized carbons (Fsp3) is 0.737. The second-order valence-corrected chi connectivity index (χ2v) is 8.27. The molecule has 2 aliphatic heterocycles. The standard InChI is InChI=1S/C19H32N4OS/c1-3-20-19(21-11-15(2)10-18-7-5-9-25-18)22-12-17-13-23-8-4-6-16(23)14-24-17/h5,7,9,15-17H,3-4,6,8,10-14H2,1-2H3,(H2,20,21,22). The number of nitrogens with zero attached hydrogens (tertiary/aromatic N) is 2. The molecule has 0 aliphatic carbocycles. The van der Waals surface area contributed by atoms with Gasteiger partial charge in [0.15, 0.2) is 5.96 Å². The van der Waals surface area contributed by atoms with E-state index >= 15 is 0 Å². The number of thiophene rings is 1. The summed E-state index contributed by atoms with van der Waals surface area (Å²) in [5, 5.41) is 8.97. The van der Waals surface area contributed by atoms with E-state index in [2.05, 4.69) is 46.9 Å². The summed E-state index contributed by atoms with van der Waals surface area (Å²) in [5.41, 5.74) is 0. The molecular weight excluding hydrogens is 332 g/mol. The van der Waals surface area contributed by atoms with Crippen LogP contribution in [-0.2, 0) is 11.2 Å². The first kappa shape index (κ1) is 18.7. The number of rotatable bonds is 7. The summed E-state index contributed by atoms with van der Waals surface area (Å²) in [6.07, 6.45) is 3.98. The van der Waals surface area contributed by atoms with Crippen molar-refractivity contribution < 1.29 is 4.74 Å². The van der Waals surface area contributed by atoms with Gasteiger partial charge in [-0.3, -0.25) is 9.89 Å². The Morgan fingerprint density at radius 2 is 2.40 bits per heavy atom. The molecule has 140 valence electrons. The topological polar surface area (TPSA) is 48.9 Å². The Bertz CT molecular complexity index is 534. The number of hydrogen-bond donors (Lipinski definition) is 2. The quantitative estimate of drug-likeness (QED) is 0.576. The molecule has 2 saturated heterocycles. The zero-order valence-electron chi connectivity index (χ0n) is 15.5. The van der Waals surface area contributed by atoms with Crippen LogP contribution in [0.25, 0.3) is 0 Å². The van der Waals surface area contributed by atoms with Gasteiger partial charge in [0.2, 0.25) is 0 Å². The highest BCUT2D eigenvalue weighted by atomic mass is 32.1. The van der Waals surface area contributed by atoms with E-state index in [0.29, 0.717) is 12.0 Å². The maximum absolute atomic E-state index is 6.03. The molecule has 0 amide bonds. The molecule has 3 heterocycles. The molecule has 1 aromatic heterocycles. The number of ether oxygens (including phenoxy) is 1. The molecule has 3 atom stereocenters. The van der Waals surface area contributed by atoms with Crippen molar-refractivity contribution in [2.24, 2.45) is 10.9 Å². The number of hydrogen-bond acceptors (Lipinski definition) is 4. The molecule has 0 spiro atoms. The molecule has 2 N–H and O–H groups in total. The minimum absolute atomic E-state index is 0.266. The number of aliphatic imine (C=N–C) groups is 1. The lowest BCUT2D eigenvalue weighted by Gasteiger charge is -2.35. The Morgan fingerprint density at radius 1 is 1.48 bits per heavy atom. The fourth-order valence-electron chi connectivity index (χ4n) is 3.65. The van der Waals surface area contributed by atoms with Gasteiger partial charge in [-0.05, 0) is 50.1 Å². The average Bonchev–Trinajstić information content (AvgIpc) is 3.28. The van der Waals surface area contributed by atoms with Gasteiger partial charge in [0.25, 0.3) is 0 Å².